The fourth-order valence-electron chi connectivity index (χ4n) is 2.07. The van der Waals surface area contributed by atoms with Gasteiger partial charge >= 0.3 is 6.01 Å². The first kappa shape index (κ1) is 15.8. The molecule has 1 aromatic heterocycles. The summed E-state index contributed by atoms with van der Waals surface area (Å²) in [6.07, 6.45) is 2.02. The number of nitrogens with one attached hydrogen (secondary N) is 1. The summed E-state index contributed by atoms with van der Waals surface area (Å²) in [5.74, 6) is 1.18. The standard InChI is InChI=1S/C14H25N5O2/c1-5-7-15-12-16-13(18-14(17-12)21-10(2)3)19(4)11-6-8-20-9-11/h10-11H,5-9H2,1-4H3,(H,15,16,17,18). The number of hydrogen-bond acceptors (Lipinski definition) is 7. The molecule has 0 radical (unpaired) electrons. The van der Waals surface area contributed by atoms with Crippen molar-refractivity contribution in [1.29, 1.82) is 0 Å². The molecule has 0 amide bonds. The zero-order valence-electron chi connectivity index (χ0n) is 13.3. The van der Waals surface area contributed by atoms with Crippen LogP contribution >= 0.6 is 0 Å². The van der Waals surface area contributed by atoms with Gasteiger partial charge in [-0.05, 0) is 26.7 Å². The predicted octanol–water partition coefficient (Wildman–Crippen LogP) is 1.71. The van der Waals surface area contributed by atoms with Crippen molar-refractivity contribution < 1.29 is 9.47 Å². The summed E-state index contributed by atoms with van der Waals surface area (Å²) in [7, 11) is 1.98. The van der Waals surface area contributed by atoms with Crippen molar-refractivity contribution >= 4 is 11.9 Å². The quantitative estimate of drug-likeness (QED) is 0.821. The minimum absolute atomic E-state index is 0.0272. The predicted molar refractivity (Wildman–Crippen MR) is 82.0 cm³/mol. The molecule has 0 bridgehead atoms. The Kier molecular flexibility index (Phi) is 5.55. The topological polar surface area (TPSA) is 72.4 Å². The summed E-state index contributed by atoms with van der Waals surface area (Å²) >= 11 is 0. The first-order valence-corrected chi connectivity index (χ1v) is 7.57. The van der Waals surface area contributed by atoms with E-state index in [1.807, 2.05) is 25.8 Å². The number of nitrogens with zero attached hydrogens (tertiary/aromatic N) is 4. The van der Waals surface area contributed by atoms with Crippen molar-refractivity contribution in [3.8, 4) is 6.01 Å². The van der Waals surface area contributed by atoms with Gasteiger partial charge in [0, 0.05) is 20.2 Å². The van der Waals surface area contributed by atoms with Crippen molar-refractivity contribution in [3.05, 3.63) is 0 Å². The second-order valence-corrected chi connectivity index (χ2v) is 5.46. The highest BCUT2D eigenvalue weighted by atomic mass is 16.5. The minimum Gasteiger partial charge on any atom is -0.461 e. The van der Waals surface area contributed by atoms with Crippen molar-refractivity contribution in [1.82, 2.24) is 15.0 Å². The summed E-state index contributed by atoms with van der Waals surface area (Å²) in [6.45, 7) is 8.33. The van der Waals surface area contributed by atoms with E-state index < -0.39 is 0 Å². The molecular weight excluding hydrogens is 270 g/mol. The highest BCUT2D eigenvalue weighted by molar-refractivity contribution is 5.38. The van der Waals surface area contributed by atoms with Crippen molar-refractivity contribution in [2.75, 3.05) is 37.0 Å². The van der Waals surface area contributed by atoms with Gasteiger partial charge in [-0.25, -0.2) is 0 Å². The van der Waals surface area contributed by atoms with Crippen LogP contribution < -0.4 is 15.0 Å². The molecule has 1 unspecified atom stereocenters. The summed E-state index contributed by atoms with van der Waals surface area (Å²) < 4.78 is 11.1. The molecule has 0 saturated carbocycles. The molecule has 1 aliphatic heterocycles. The van der Waals surface area contributed by atoms with E-state index in [1.165, 1.54) is 0 Å². The fourth-order valence-corrected chi connectivity index (χ4v) is 2.07. The van der Waals surface area contributed by atoms with E-state index in [4.69, 9.17) is 9.47 Å². The van der Waals surface area contributed by atoms with E-state index in [-0.39, 0.29) is 6.10 Å². The Morgan fingerprint density at radius 3 is 2.81 bits per heavy atom. The van der Waals surface area contributed by atoms with Crippen LogP contribution in [0.15, 0.2) is 0 Å². The van der Waals surface area contributed by atoms with Gasteiger partial charge in [-0.2, -0.15) is 15.0 Å². The van der Waals surface area contributed by atoms with E-state index in [2.05, 4.69) is 27.2 Å². The third-order valence-corrected chi connectivity index (χ3v) is 3.25. The molecule has 1 saturated heterocycles. The van der Waals surface area contributed by atoms with Gasteiger partial charge in [-0.15, -0.1) is 0 Å². The molecule has 1 aliphatic rings. The highest BCUT2D eigenvalue weighted by Crippen LogP contribution is 2.20. The van der Waals surface area contributed by atoms with Crippen LogP contribution in [0.4, 0.5) is 11.9 Å². The molecule has 7 nitrogen and oxygen atoms in total. The Bertz CT molecular complexity index is 449. The second kappa shape index (κ2) is 7.40. The maximum Gasteiger partial charge on any atom is 0.323 e. The van der Waals surface area contributed by atoms with Gasteiger partial charge in [-0.1, -0.05) is 6.92 Å². The Labute approximate surface area is 126 Å². The molecule has 0 aliphatic carbocycles. The zero-order valence-corrected chi connectivity index (χ0v) is 13.3. The number of hydrogen-bond donors (Lipinski definition) is 1. The maximum absolute atomic E-state index is 5.63. The lowest BCUT2D eigenvalue weighted by atomic mass is 10.2. The number of rotatable bonds is 7. The lowest BCUT2D eigenvalue weighted by Crippen LogP contribution is -2.33. The smallest absolute Gasteiger partial charge is 0.323 e. The summed E-state index contributed by atoms with van der Waals surface area (Å²) in [4.78, 5) is 15.2. The molecule has 118 valence electrons. The Morgan fingerprint density at radius 2 is 2.19 bits per heavy atom. The first-order valence-electron chi connectivity index (χ1n) is 7.57. The van der Waals surface area contributed by atoms with E-state index >= 15 is 0 Å². The molecule has 2 rings (SSSR count). The highest BCUT2D eigenvalue weighted by Gasteiger charge is 2.23. The molecule has 21 heavy (non-hydrogen) atoms. The lowest BCUT2D eigenvalue weighted by molar-refractivity contribution is 0.193. The third-order valence-electron chi connectivity index (χ3n) is 3.25. The lowest BCUT2D eigenvalue weighted by Gasteiger charge is -2.23. The van der Waals surface area contributed by atoms with Crippen LogP contribution in [0.1, 0.15) is 33.6 Å². The van der Waals surface area contributed by atoms with Crippen LogP contribution in [0.5, 0.6) is 6.01 Å². The molecule has 1 N–H and O–H groups in total. The minimum atomic E-state index is 0.0272. The first-order chi connectivity index (χ1) is 10.1. The maximum atomic E-state index is 5.63. The van der Waals surface area contributed by atoms with Crippen LogP contribution in [0.25, 0.3) is 0 Å². The molecule has 7 heteroatoms. The monoisotopic (exact) mass is 295 g/mol. The van der Waals surface area contributed by atoms with Crippen molar-refractivity contribution in [2.24, 2.45) is 0 Å². The molecule has 1 fully saturated rings. The molecule has 0 aromatic carbocycles. The third kappa shape index (κ3) is 4.42. The average molecular weight is 295 g/mol. The van der Waals surface area contributed by atoms with Crippen molar-refractivity contribution in [2.45, 2.75) is 45.8 Å². The van der Waals surface area contributed by atoms with E-state index in [1.54, 1.807) is 0 Å². The van der Waals surface area contributed by atoms with Crippen molar-refractivity contribution in [3.63, 3.8) is 0 Å². The number of likely N-dealkylation sites (N-methyl/N-ethyl adjacent to an activating group) is 1. The zero-order chi connectivity index (χ0) is 15.2. The number of ether oxygens (including phenoxy) is 2. The normalized spacial score (nSPS) is 18.0. The SMILES string of the molecule is CCCNc1nc(OC(C)C)nc(N(C)C2CCOC2)n1. The van der Waals surface area contributed by atoms with Gasteiger partial charge in [0.1, 0.15) is 0 Å². The Morgan fingerprint density at radius 1 is 1.38 bits per heavy atom. The van der Waals surface area contributed by atoms with Crippen LogP contribution in [-0.2, 0) is 4.74 Å². The van der Waals surface area contributed by atoms with E-state index in [9.17, 15) is 0 Å². The van der Waals surface area contributed by atoms with Crippen LogP contribution in [-0.4, -0.2) is 53.9 Å². The van der Waals surface area contributed by atoms with Gasteiger partial charge in [0.25, 0.3) is 0 Å². The van der Waals surface area contributed by atoms with Gasteiger partial charge in [0.2, 0.25) is 11.9 Å². The molecule has 1 atom stereocenters. The summed E-state index contributed by atoms with van der Waals surface area (Å²) in [6, 6.07) is 0.665. The molecule has 1 aromatic rings. The largest absolute Gasteiger partial charge is 0.461 e. The fraction of sp³-hybridized carbons (Fsp3) is 0.786. The van der Waals surface area contributed by atoms with Crippen LogP contribution in [0.2, 0.25) is 0 Å². The molecular formula is C14H25N5O2. The summed E-state index contributed by atoms with van der Waals surface area (Å²) in [5, 5.41) is 3.19. The number of anilines is 2. The van der Waals surface area contributed by atoms with E-state index in [0.29, 0.717) is 30.6 Å². The van der Waals surface area contributed by atoms with Gasteiger partial charge in [0.15, 0.2) is 0 Å². The summed E-state index contributed by atoms with van der Waals surface area (Å²) in [5.41, 5.74) is 0. The Balaban J connectivity index is 2.20. The van der Waals surface area contributed by atoms with E-state index in [0.717, 1.165) is 26.0 Å². The van der Waals surface area contributed by atoms with Gasteiger partial charge in [0.05, 0.1) is 18.8 Å². The second-order valence-electron chi connectivity index (χ2n) is 5.46. The molecule has 2 heterocycles. The molecule has 0 spiro atoms. The Hall–Kier alpha value is -1.63. The van der Waals surface area contributed by atoms with Gasteiger partial charge in [-0.3, -0.25) is 0 Å². The average Bonchev–Trinajstić information content (AvgIpc) is 2.97. The van der Waals surface area contributed by atoms with Crippen LogP contribution in [0, 0.1) is 0 Å². The number of aromatic nitrogens is 3. The van der Waals surface area contributed by atoms with Crippen LogP contribution in [0.3, 0.4) is 0 Å². The van der Waals surface area contributed by atoms with Gasteiger partial charge < -0.3 is 19.7 Å².